The number of hydrogen-bond acceptors (Lipinski definition) is 4. The van der Waals surface area contributed by atoms with Gasteiger partial charge in [-0.1, -0.05) is 41.9 Å². The van der Waals surface area contributed by atoms with Crippen molar-refractivity contribution in [1.82, 2.24) is 9.80 Å². The van der Waals surface area contributed by atoms with Crippen LogP contribution in [0.1, 0.15) is 24.8 Å². The molecule has 0 saturated carbocycles. The molecule has 4 rings (SSSR count). The standard InChI is InChI=1S/C24H27ClN2O3S/c25-20-7-9-21(10-8-20)30-18-23(29)26-14-12-24(13-15-26)27(16-17-31-24)22(28)11-6-19-4-2-1-3-5-19/h1-5,7-10H,6,11-18H2. The maximum atomic E-state index is 13.0. The smallest absolute Gasteiger partial charge is 0.260 e. The number of nitrogens with zero attached hydrogens (tertiary/aromatic N) is 2. The second-order valence-electron chi connectivity index (χ2n) is 7.95. The summed E-state index contributed by atoms with van der Waals surface area (Å²) in [5.41, 5.74) is 1.19. The SMILES string of the molecule is O=C(COc1ccc(Cl)cc1)N1CCC2(CC1)SCCN2C(=O)CCc1ccccc1. The van der Waals surface area contributed by atoms with Crippen LogP contribution in [0.2, 0.25) is 5.02 Å². The maximum absolute atomic E-state index is 13.0. The molecule has 0 radical (unpaired) electrons. The molecule has 31 heavy (non-hydrogen) atoms. The third kappa shape index (κ3) is 5.36. The Kier molecular flexibility index (Phi) is 7.08. The number of piperidine rings is 1. The zero-order valence-electron chi connectivity index (χ0n) is 17.5. The van der Waals surface area contributed by atoms with Crippen molar-refractivity contribution >= 4 is 35.2 Å². The number of carbonyl (C=O) groups excluding carboxylic acids is 2. The molecule has 2 aromatic rings. The average molecular weight is 459 g/mol. The summed E-state index contributed by atoms with van der Waals surface area (Å²) < 4.78 is 5.61. The minimum atomic E-state index is -0.165. The van der Waals surface area contributed by atoms with Crippen molar-refractivity contribution in [3.63, 3.8) is 0 Å². The van der Waals surface area contributed by atoms with Gasteiger partial charge in [0.1, 0.15) is 5.75 Å². The zero-order chi connectivity index (χ0) is 21.7. The normalized spacial score (nSPS) is 17.7. The first-order valence-corrected chi connectivity index (χ1v) is 12.1. The monoisotopic (exact) mass is 458 g/mol. The number of thioether (sulfide) groups is 1. The lowest BCUT2D eigenvalue weighted by atomic mass is 10.0. The Morgan fingerprint density at radius 2 is 1.68 bits per heavy atom. The predicted molar refractivity (Wildman–Crippen MR) is 124 cm³/mol. The van der Waals surface area contributed by atoms with E-state index < -0.39 is 0 Å². The van der Waals surface area contributed by atoms with Crippen molar-refractivity contribution in [2.45, 2.75) is 30.6 Å². The largest absolute Gasteiger partial charge is 0.484 e. The molecular formula is C24H27ClN2O3S. The molecule has 0 aliphatic carbocycles. The molecule has 0 atom stereocenters. The third-order valence-corrected chi connectivity index (χ3v) is 7.83. The van der Waals surface area contributed by atoms with E-state index in [0.717, 1.165) is 31.6 Å². The summed E-state index contributed by atoms with van der Waals surface area (Å²) in [5.74, 6) is 1.80. The molecule has 2 fully saturated rings. The first-order valence-electron chi connectivity index (χ1n) is 10.7. The Morgan fingerprint density at radius 3 is 2.39 bits per heavy atom. The summed E-state index contributed by atoms with van der Waals surface area (Å²) in [7, 11) is 0. The van der Waals surface area contributed by atoms with E-state index in [-0.39, 0.29) is 23.3 Å². The molecule has 0 unspecified atom stereocenters. The molecule has 5 nitrogen and oxygen atoms in total. The Labute approximate surface area is 192 Å². The Hall–Kier alpha value is -2.18. The van der Waals surface area contributed by atoms with Gasteiger partial charge < -0.3 is 14.5 Å². The van der Waals surface area contributed by atoms with Crippen molar-refractivity contribution in [2.24, 2.45) is 0 Å². The Morgan fingerprint density at radius 1 is 0.968 bits per heavy atom. The molecule has 2 heterocycles. The molecule has 1 spiro atoms. The summed E-state index contributed by atoms with van der Waals surface area (Å²) in [6, 6.07) is 17.2. The number of halogens is 1. The molecule has 0 N–H and O–H groups in total. The van der Waals surface area contributed by atoms with Gasteiger partial charge in [-0.25, -0.2) is 0 Å². The van der Waals surface area contributed by atoms with Crippen LogP contribution in [0.15, 0.2) is 54.6 Å². The fraction of sp³-hybridized carbons (Fsp3) is 0.417. The fourth-order valence-corrected chi connectivity index (χ4v) is 5.88. The van der Waals surface area contributed by atoms with E-state index in [0.29, 0.717) is 30.3 Å². The maximum Gasteiger partial charge on any atom is 0.260 e. The average Bonchev–Trinajstić information content (AvgIpc) is 3.21. The van der Waals surface area contributed by atoms with Gasteiger partial charge in [-0.2, -0.15) is 0 Å². The number of hydrogen-bond donors (Lipinski definition) is 0. The van der Waals surface area contributed by atoms with Gasteiger partial charge in [-0.3, -0.25) is 9.59 Å². The lowest BCUT2D eigenvalue weighted by Gasteiger charge is -2.44. The van der Waals surface area contributed by atoms with Crippen molar-refractivity contribution in [1.29, 1.82) is 0 Å². The van der Waals surface area contributed by atoms with E-state index in [1.54, 1.807) is 24.3 Å². The van der Waals surface area contributed by atoms with E-state index in [4.69, 9.17) is 16.3 Å². The van der Waals surface area contributed by atoms with E-state index in [2.05, 4.69) is 17.0 Å². The van der Waals surface area contributed by atoms with Crippen LogP contribution in [0.3, 0.4) is 0 Å². The highest BCUT2D eigenvalue weighted by Crippen LogP contribution is 2.44. The molecule has 2 saturated heterocycles. The van der Waals surface area contributed by atoms with Gasteiger partial charge in [0.15, 0.2) is 6.61 Å². The molecule has 2 aliphatic rings. The molecular weight excluding hydrogens is 432 g/mol. The first-order chi connectivity index (χ1) is 15.1. The van der Waals surface area contributed by atoms with Gasteiger partial charge >= 0.3 is 0 Å². The van der Waals surface area contributed by atoms with Crippen LogP contribution in [0.25, 0.3) is 0 Å². The minimum Gasteiger partial charge on any atom is -0.484 e. The number of benzene rings is 2. The van der Waals surface area contributed by atoms with Crippen LogP contribution in [0, 0.1) is 0 Å². The highest BCUT2D eigenvalue weighted by atomic mass is 35.5. The molecule has 2 amide bonds. The van der Waals surface area contributed by atoms with Gasteiger partial charge in [0, 0.05) is 36.8 Å². The Bertz CT molecular complexity index is 899. The van der Waals surface area contributed by atoms with E-state index in [9.17, 15) is 9.59 Å². The first kappa shape index (κ1) is 22.0. The summed E-state index contributed by atoms with van der Waals surface area (Å²) in [5, 5.41) is 0.636. The minimum absolute atomic E-state index is 0.0154. The molecule has 0 bridgehead atoms. The number of carbonyl (C=O) groups is 2. The number of rotatable bonds is 6. The van der Waals surface area contributed by atoms with Gasteiger partial charge in [-0.15, -0.1) is 11.8 Å². The van der Waals surface area contributed by atoms with Gasteiger partial charge in [0.05, 0.1) is 4.87 Å². The van der Waals surface area contributed by atoms with Crippen molar-refractivity contribution < 1.29 is 14.3 Å². The number of aryl methyl sites for hydroxylation is 1. The highest BCUT2D eigenvalue weighted by Gasteiger charge is 2.46. The van der Waals surface area contributed by atoms with Crippen LogP contribution >= 0.6 is 23.4 Å². The molecule has 7 heteroatoms. The molecule has 2 aromatic carbocycles. The summed E-state index contributed by atoms with van der Waals surface area (Å²) in [6.45, 7) is 2.12. The summed E-state index contributed by atoms with van der Waals surface area (Å²) in [4.78, 5) is 29.4. The quantitative estimate of drug-likeness (QED) is 0.649. The lowest BCUT2D eigenvalue weighted by Crippen LogP contribution is -2.54. The van der Waals surface area contributed by atoms with Crippen LogP contribution in [0.5, 0.6) is 5.75 Å². The fourth-order valence-electron chi connectivity index (χ4n) is 4.28. The van der Waals surface area contributed by atoms with Crippen molar-refractivity contribution in [2.75, 3.05) is 32.0 Å². The van der Waals surface area contributed by atoms with Crippen molar-refractivity contribution in [3.05, 3.63) is 65.2 Å². The van der Waals surface area contributed by atoms with Crippen LogP contribution in [-0.2, 0) is 16.0 Å². The topological polar surface area (TPSA) is 49.9 Å². The molecule has 0 aromatic heterocycles. The zero-order valence-corrected chi connectivity index (χ0v) is 19.0. The second-order valence-corrected chi connectivity index (χ2v) is 9.84. The Balaban J connectivity index is 1.28. The second kappa shape index (κ2) is 9.96. The molecule has 164 valence electrons. The number of ether oxygens (including phenoxy) is 1. The third-order valence-electron chi connectivity index (χ3n) is 6.02. The van der Waals surface area contributed by atoms with Gasteiger partial charge in [-0.05, 0) is 49.1 Å². The van der Waals surface area contributed by atoms with Gasteiger partial charge in [0.2, 0.25) is 5.91 Å². The van der Waals surface area contributed by atoms with E-state index in [1.807, 2.05) is 34.9 Å². The molecule has 2 aliphatic heterocycles. The number of likely N-dealkylation sites (tertiary alicyclic amines) is 1. The lowest BCUT2D eigenvalue weighted by molar-refractivity contribution is -0.138. The van der Waals surface area contributed by atoms with E-state index >= 15 is 0 Å². The summed E-state index contributed by atoms with van der Waals surface area (Å²) in [6.07, 6.45) is 2.91. The van der Waals surface area contributed by atoms with Gasteiger partial charge in [0.25, 0.3) is 5.91 Å². The van der Waals surface area contributed by atoms with Crippen molar-refractivity contribution in [3.8, 4) is 5.75 Å². The number of amides is 2. The van der Waals surface area contributed by atoms with Crippen LogP contribution in [-0.4, -0.2) is 58.5 Å². The van der Waals surface area contributed by atoms with Crippen LogP contribution < -0.4 is 4.74 Å². The predicted octanol–water partition coefficient (Wildman–Crippen LogP) is 4.25. The van der Waals surface area contributed by atoms with E-state index in [1.165, 1.54) is 5.56 Å². The summed E-state index contributed by atoms with van der Waals surface area (Å²) >= 11 is 7.75. The van der Waals surface area contributed by atoms with Crippen LogP contribution in [0.4, 0.5) is 0 Å². The highest BCUT2D eigenvalue weighted by molar-refractivity contribution is 8.00.